The number of nitrogens with one attached hydrogen (secondary N) is 2. The Labute approximate surface area is 112 Å². The molecule has 2 bridgehead atoms. The van der Waals surface area contributed by atoms with Gasteiger partial charge in [-0.15, -0.1) is 0 Å². The van der Waals surface area contributed by atoms with Crippen LogP contribution in [0.2, 0.25) is 0 Å². The third-order valence-electron chi connectivity index (χ3n) is 4.52. The van der Waals surface area contributed by atoms with Crippen LogP contribution in [-0.2, 0) is 0 Å². The average molecular weight is 261 g/mol. The summed E-state index contributed by atoms with van der Waals surface area (Å²) in [6.45, 7) is 0.166. The minimum Gasteiger partial charge on any atom is -0.396 e. The van der Waals surface area contributed by atoms with Crippen molar-refractivity contribution in [3.8, 4) is 0 Å². The van der Waals surface area contributed by atoms with Gasteiger partial charge in [-0.25, -0.2) is 4.79 Å². The minimum absolute atomic E-state index is 0.112. The zero-order valence-electron chi connectivity index (χ0n) is 10.7. The number of carbonyl (C=O) groups excluding carboxylic acids is 1. The van der Waals surface area contributed by atoms with Gasteiger partial charge < -0.3 is 15.7 Å². The minimum atomic E-state index is -0.205. The monoisotopic (exact) mass is 261 g/mol. The number of amides is 2. The molecule has 2 saturated carbocycles. The van der Waals surface area contributed by atoms with E-state index in [9.17, 15) is 9.90 Å². The highest BCUT2D eigenvalue weighted by Gasteiger charge is 2.47. The highest BCUT2D eigenvalue weighted by atomic mass is 16.3. The molecule has 4 atom stereocenters. The van der Waals surface area contributed by atoms with Gasteiger partial charge in [0.1, 0.15) is 0 Å². The van der Waals surface area contributed by atoms with Crippen LogP contribution in [0.1, 0.15) is 19.3 Å². The second kappa shape index (κ2) is 5.17. The number of aliphatic hydroxyl groups excluding tert-OH is 1. The van der Waals surface area contributed by atoms with Crippen molar-refractivity contribution < 1.29 is 9.90 Å². The van der Waals surface area contributed by atoms with Crippen LogP contribution in [0.5, 0.6) is 0 Å². The van der Waals surface area contributed by atoms with Crippen LogP contribution < -0.4 is 10.6 Å². The molecule has 0 radical (unpaired) electrons. The zero-order valence-corrected chi connectivity index (χ0v) is 10.7. The first kappa shape index (κ1) is 12.4. The summed E-state index contributed by atoms with van der Waals surface area (Å²) < 4.78 is 0. The molecular weight excluding hydrogens is 242 g/mol. The first-order valence-electron chi connectivity index (χ1n) is 6.86. The molecule has 5 nitrogen and oxygen atoms in total. The summed E-state index contributed by atoms with van der Waals surface area (Å²) in [4.78, 5) is 15.9. The number of carbonyl (C=O) groups is 1. The van der Waals surface area contributed by atoms with E-state index in [0.29, 0.717) is 17.5 Å². The summed E-state index contributed by atoms with van der Waals surface area (Å²) in [6, 6.07) is 3.49. The van der Waals surface area contributed by atoms with Crippen molar-refractivity contribution in [1.82, 2.24) is 10.3 Å². The highest BCUT2D eigenvalue weighted by molar-refractivity contribution is 5.89. The Morgan fingerprint density at radius 1 is 1.42 bits per heavy atom. The molecule has 19 heavy (non-hydrogen) atoms. The van der Waals surface area contributed by atoms with Gasteiger partial charge in [-0.05, 0) is 43.2 Å². The van der Waals surface area contributed by atoms with Crippen LogP contribution in [0.4, 0.5) is 10.5 Å². The predicted molar refractivity (Wildman–Crippen MR) is 71.6 cm³/mol. The lowest BCUT2D eigenvalue weighted by Crippen LogP contribution is -2.46. The number of hydrogen-bond donors (Lipinski definition) is 3. The van der Waals surface area contributed by atoms with Crippen molar-refractivity contribution in [3.05, 3.63) is 24.5 Å². The van der Waals surface area contributed by atoms with E-state index < -0.39 is 0 Å². The molecule has 0 saturated heterocycles. The standard InChI is InChI=1S/C14H19N3O2/c18-8-12-9-3-4-10(6-9)13(12)17-14(19)16-11-2-1-5-15-7-11/h1-2,5,7,9-10,12-13,18H,3-4,6,8H2,(H2,16,17,19)/t9-,10-,12+,13-/m0/s1. The number of aliphatic hydroxyl groups is 1. The van der Waals surface area contributed by atoms with Crippen molar-refractivity contribution >= 4 is 11.7 Å². The number of rotatable bonds is 3. The SMILES string of the molecule is O=C(Nc1cccnc1)N[C@H]1[C@H]2CC[C@@H](C2)[C@H]1CO. The normalized spacial score (nSPS) is 32.3. The van der Waals surface area contributed by atoms with Crippen molar-refractivity contribution in [3.63, 3.8) is 0 Å². The summed E-state index contributed by atoms with van der Waals surface area (Å²) in [6.07, 6.45) is 6.78. The summed E-state index contributed by atoms with van der Waals surface area (Å²) >= 11 is 0. The molecule has 1 aromatic heterocycles. The van der Waals surface area contributed by atoms with Crippen LogP contribution >= 0.6 is 0 Å². The molecule has 0 spiro atoms. The Kier molecular flexibility index (Phi) is 3.38. The van der Waals surface area contributed by atoms with E-state index in [4.69, 9.17) is 0 Å². The molecule has 0 aromatic carbocycles. The van der Waals surface area contributed by atoms with Gasteiger partial charge in [-0.2, -0.15) is 0 Å². The molecular formula is C14H19N3O2. The Balaban J connectivity index is 1.60. The maximum absolute atomic E-state index is 12.0. The summed E-state index contributed by atoms with van der Waals surface area (Å²) in [5.41, 5.74) is 0.684. The summed E-state index contributed by atoms with van der Waals surface area (Å²) in [5.74, 6) is 1.33. The van der Waals surface area contributed by atoms with Gasteiger partial charge in [-0.3, -0.25) is 4.98 Å². The number of hydrogen-bond acceptors (Lipinski definition) is 3. The molecule has 1 heterocycles. The molecule has 0 unspecified atom stereocenters. The van der Waals surface area contributed by atoms with E-state index in [2.05, 4.69) is 15.6 Å². The van der Waals surface area contributed by atoms with Crippen LogP contribution in [0.25, 0.3) is 0 Å². The van der Waals surface area contributed by atoms with E-state index in [-0.39, 0.29) is 24.6 Å². The molecule has 2 aliphatic carbocycles. The smallest absolute Gasteiger partial charge is 0.319 e. The lowest BCUT2D eigenvalue weighted by Gasteiger charge is -2.30. The molecule has 2 fully saturated rings. The number of fused-ring (bicyclic) bond motifs is 2. The molecule has 1 aromatic rings. The third kappa shape index (κ3) is 2.42. The number of nitrogens with zero attached hydrogens (tertiary/aromatic N) is 1. The van der Waals surface area contributed by atoms with Crippen molar-refractivity contribution in [2.45, 2.75) is 25.3 Å². The van der Waals surface area contributed by atoms with Gasteiger partial charge in [0.15, 0.2) is 0 Å². The molecule has 3 rings (SSSR count). The molecule has 102 valence electrons. The van der Waals surface area contributed by atoms with Crippen molar-refractivity contribution in [2.75, 3.05) is 11.9 Å². The number of urea groups is 1. The Bertz CT molecular complexity index is 451. The van der Waals surface area contributed by atoms with Crippen molar-refractivity contribution in [1.29, 1.82) is 0 Å². The van der Waals surface area contributed by atoms with E-state index in [1.807, 2.05) is 0 Å². The van der Waals surface area contributed by atoms with E-state index in [1.165, 1.54) is 12.8 Å². The zero-order chi connectivity index (χ0) is 13.2. The van der Waals surface area contributed by atoms with Crippen LogP contribution in [0, 0.1) is 17.8 Å². The van der Waals surface area contributed by atoms with Gasteiger partial charge in [-0.1, -0.05) is 0 Å². The van der Waals surface area contributed by atoms with Gasteiger partial charge in [0.05, 0.1) is 11.9 Å². The predicted octanol–water partition coefficient (Wildman–Crippen LogP) is 1.61. The van der Waals surface area contributed by atoms with Crippen LogP contribution in [-0.4, -0.2) is 28.8 Å². The van der Waals surface area contributed by atoms with Gasteiger partial charge in [0, 0.05) is 24.8 Å². The Morgan fingerprint density at radius 2 is 2.26 bits per heavy atom. The molecule has 2 amide bonds. The summed E-state index contributed by atoms with van der Waals surface area (Å²) in [7, 11) is 0. The lowest BCUT2D eigenvalue weighted by molar-refractivity contribution is 0.146. The topological polar surface area (TPSA) is 74.2 Å². The second-order valence-electron chi connectivity index (χ2n) is 5.55. The number of aromatic nitrogens is 1. The average Bonchev–Trinajstić information content (AvgIpc) is 3.00. The fourth-order valence-corrected chi connectivity index (χ4v) is 3.65. The lowest BCUT2D eigenvalue weighted by atomic mass is 9.85. The molecule has 2 aliphatic rings. The summed E-state index contributed by atoms with van der Waals surface area (Å²) in [5, 5.41) is 15.3. The Morgan fingerprint density at radius 3 is 3.00 bits per heavy atom. The first-order valence-corrected chi connectivity index (χ1v) is 6.86. The maximum atomic E-state index is 12.0. The van der Waals surface area contributed by atoms with E-state index in [1.54, 1.807) is 24.5 Å². The highest BCUT2D eigenvalue weighted by Crippen LogP contribution is 2.48. The maximum Gasteiger partial charge on any atom is 0.319 e. The number of anilines is 1. The van der Waals surface area contributed by atoms with E-state index in [0.717, 1.165) is 6.42 Å². The largest absolute Gasteiger partial charge is 0.396 e. The van der Waals surface area contributed by atoms with Crippen LogP contribution in [0.3, 0.4) is 0 Å². The number of pyridine rings is 1. The van der Waals surface area contributed by atoms with Gasteiger partial charge in [0.25, 0.3) is 0 Å². The van der Waals surface area contributed by atoms with Gasteiger partial charge >= 0.3 is 6.03 Å². The Hall–Kier alpha value is -1.62. The molecule has 3 N–H and O–H groups in total. The van der Waals surface area contributed by atoms with Crippen molar-refractivity contribution in [2.24, 2.45) is 17.8 Å². The quantitative estimate of drug-likeness (QED) is 0.774. The van der Waals surface area contributed by atoms with Gasteiger partial charge in [0.2, 0.25) is 0 Å². The molecule has 0 aliphatic heterocycles. The van der Waals surface area contributed by atoms with Crippen LogP contribution in [0.15, 0.2) is 24.5 Å². The fourth-order valence-electron chi connectivity index (χ4n) is 3.65. The fraction of sp³-hybridized carbons (Fsp3) is 0.571. The first-order chi connectivity index (χ1) is 9.28. The van der Waals surface area contributed by atoms with E-state index >= 15 is 0 Å². The second-order valence-corrected chi connectivity index (χ2v) is 5.55. The molecule has 5 heteroatoms. The third-order valence-corrected chi connectivity index (χ3v) is 4.52.